The summed E-state index contributed by atoms with van der Waals surface area (Å²) in [5.74, 6) is 1.50. The lowest BCUT2D eigenvalue weighted by Gasteiger charge is -2.01. The SMILES string of the molecule is C[C@@H]1CC[C@H](CO)C1. The standard InChI is InChI=1S/C7H14O/c1-6-2-3-7(4-6)5-8/h6-8H,2-5H2,1H3/t6-,7+/m1/s1. The molecule has 2 atom stereocenters. The van der Waals surface area contributed by atoms with Crippen molar-refractivity contribution in [2.45, 2.75) is 26.2 Å². The largest absolute Gasteiger partial charge is 0.396 e. The summed E-state index contributed by atoms with van der Waals surface area (Å²) in [5.41, 5.74) is 0. The van der Waals surface area contributed by atoms with E-state index in [0.717, 1.165) is 5.92 Å². The van der Waals surface area contributed by atoms with Gasteiger partial charge in [-0.2, -0.15) is 0 Å². The topological polar surface area (TPSA) is 20.2 Å². The van der Waals surface area contributed by atoms with Gasteiger partial charge in [0.2, 0.25) is 0 Å². The Hall–Kier alpha value is -0.0400. The molecule has 1 aliphatic carbocycles. The van der Waals surface area contributed by atoms with Crippen LogP contribution in [0.1, 0.15) is 26.2 Å². The summed E-state index contributed by atoms with van der Waals surface area (Å²) in [7, 11) is 0. The van der Waals surface area contributed by atoms with Crippen molar-refractivity contribution in [2.75, 3.05) is 6.61 Å². The average molecular weight is 114 g/mol. The van der Waals surface area contributed by atoms with Crippen LogP contribution in [-0.4, -0.2) is 11.7 Å². The molecule has 1 N–H and O–H groups in total. The maximum atomic E-state index is 8.68. The molecule has 0 unspecified atom stereocenters. The number of aliphatic hydroxyl groups is 1. The molecule has 0 aromatic carbocycles. The van der Waals surface area contributed by atoms with Crippen molar-refractivity contribution in [2.24, 2.45) is 11.8 Å². The van der Waals surface area contributed by atoms with Crippen molar-refractivity contribution >= 4 is 0 Å². The van der Waals surface area contributed by atoms with Crippen LogP contribution in [0, 0.1) is 11.8 Å². The average Bonchev–Trinajstić information content (AvgIpc) is 2.14. The van der Waals surface area contributed by atoms with E-state index in [1.165, 1.54) is 19.3 Å². The fourth-order valence-electron chi connectivity index (χ4n) is 1.49. The Balaban J connectivity index is 2.22. The maximum absolute atomic E-state index is 8.68. The maximum Gasteiger partial charge on any atom is 0.0459 e. The highest BCUT2D eigenvalue weighted by Gasteiger charge is 2.19. The molecule has 0 radical (unpaired) electrons. The van der Waals surface area contributed by atoms with Gasteiger partial charge in [0.15, 0.2) is 0 Å². The van der Waals surface area contributed by atoms with Crippen LogP contribution in [0.4, 0.5) is 0 Å². The minimum Gasteiger partial charge on any atom is -0.396 e. The van der Waals surface area contributed by atoms with Crippen LogP contribution in [-0.2, 0) is 0 Å². The summed E-state index contributed by atoms with van der Waals surface area (Å²) < 4.78 is 0. The van der Waals surface area contributed by atoms with Gasteiger partial charge in [-0.15, -0.1) is 0 Å². The highest BCUT2D eigenvalue weighted by Crippen LogP contribution is 2.29. The first-order valence-corrected chi connectivity index (χ1v) is 3.43. The zero-order valence-corrected chi connectivity index (χ0v) is 5.43. The molecule has 0 bridgehead atoms. The Labute approximate surface area is 50.7 Å². The zero-order valence-electron chi connectivity index (χ0n) is 5.43. The number of hydrogen-bond donors (Lipinski definition) is 1. The lowest BCUT2D eigenvalue weighted by Crippen LogP contribution is -1.99. The Bertz CT molecular complexity index is 70.8. The third kappa shape index (κ3) is 1.22. The number of hydrogen-bond acceptors (Lipinski definition) is 1. The molecule has 0 aromatic heterocycles. The molecule has 0 aromatic rings. The van der Waals surface area contributed by atoms with Crippen LogP contribution in [0.3, 0.4) is 0 Å². The molecule has 1 aliphatic rings. The minimum atomic E-state index is 0.407. The molecule has 48 valence electrons. The van der Waals surface area contributed by atoms with Crippen LogP contribution < -0.4 is 0 Å². The van der Waals surface area contributed by atoms with Crippen LogP contribution >= 0.6 is 0 Å². The molecule has 0 heterocycles. The van der Waals surface area contributed by atoms with Crippen molar-refractivity contribution in [3.05, 3.63) is 0 Å². The van der Waals surface area contributed by atoms with E-state index in [4.69, 9.17) is 5.11 Å². The third-order valence-corrected chi connectivity index (χ3v) is 2.06. The minimum absolute atomic E-state index is 0.407. The number of aliphatic hydroxyl groups excluding tert-OH is 1. The van der Waals surface area contributed by atoms with Gasteiger partial charge < -0.3 is 5.11 Å². The fourth-order valence-corrected chi connectivity index (χ4v) is 1.49. The Morgan fingerprint density at radius 2 is 2.25 bits per heavy atom. The first kappa shape index (κ1) is 6.09. The molecular formula is C7H14O. The molecule has 1 saturated carbocycles. The van der Waals surface area contributed by atoms with Crippen molar-refractivity contribution in [3.8, 4) is 0 Å². The molecule has 1 rings (SSSR count). The Morgan fingerprint density at radius 3 is 2.50 bits per heavy atom. The molecule has 1 nitrogen and oxygen atoms in total. The van der Waals surface area contributed by atoms with Gasteiger partial charge in [0.25, 0.3) is 0 Å². The van der Waals surface area contributed by atoms with E-state index in [0.29, 0.717) is 12.5 Å². The van der Waals surface area contributed by atoms with Gasteiger partial charge in [-0.1, -0.05) is 13.3 Å². The summed E-state index contributed by atoms with van der Waals surface area (Å²) >= 11 is 0. The van der Waals surface area contributed by atoms with Gasteiger partial charge in [0.1, 0.15) is 0 Å². The first-order chi connectivity index (χ1) is 3.83. The Morgan fingerprint density at radius 1 is 1.50 bits per heavy atom. The van der Waals surface area contributed by atoms with Crippen LogP contribution in [0.25, 0.3) is 0 Å². The van der Waals surface area contributed by atoms with Gasteiger partial charge in [-0.25, -0.2) is 0 Å². The van der Waals surface area contributed by atoms with E-state index in [-0.39, 0.29) is 0 Å². The predicted molar refractivity (Wildman–Crippen MR) is 33.6 cm³/mol. The van der Waals surface area contributed by atoms with Gasteiger partial charge in [-0.05, 0) is 24.7 Å². The molecule has 0 spiro atoms. The van der Waals surface area contributed by atoms with Gasteiger partial charge in [-0.3, -0.25) is 0 Å². The van der Waals surface area contributed by atoms with Crippen LogP contribution in [0.15, 0.2) is 0 Å². The molecule has 0 aliphatic heterocycles. The van der Waals surface area contributed by atoms with Crippen molar-refractivity contribution in [3.63, 3.8) is 0 Å². The lowest BCUT2D eigenvalue weighted by molar-refractivity contribution is 0.227. The predicted octanol–water partition coefficient (Wildman–Crippen LogP) is 1.41. The quantitative estimate of drug-likeness (QED) is 0.546. The second kappa shape index (κ2) is 2.49. The summed E-state index contributed by atoms with van der Waals surface area (Å²) in [6.07, 6.45) is 3.82. The third-order valence-electron chi connectivity index (χ3n) is 2.06. The fraction of sp³-hybridized carbons (Fsp3) is 1.00. The van der Waals surface area contributed by atoms with Gasteiger partial charge in [0.05, 0.1) is 0 Å². The monoisotopic (exact) mass is 114 g/mol. The van der Waals surface area contributed by atoms with Crippen molar-refractivity contribution in [1.82, 2.24) is 0 Å². The van der Waals surface area contributed by atoms with E-state index in [2.05, 4.69) is 6.92 Å². The zero-order chi connectivity index (χ0) is 5.98. The molecule has 1 fully saturated rings. The van der Waals surface area contributed by atoms with Crippen molar-refractivity contribution in [1.29, 1.82) is 0 Å². The van der Waals surface area contributed by atoms with E-state index in [9.17, 15) is 0 Å². The molecule has 8 heavy (non-hydrogen) atoms. The number of rotatable bonds is 1. The summed E-state index contributed by atoms with van der Waals surface area (Å²) in [4.78, 5) is 0. The van der Waals surface area contributed by atoms with Crippen LogP contribution in [0.5, 0.6) is 0 Å². The van der Waals surface area contributed by atoms with Gasteiger partial charge >= 0.3 is 0 Å². The van der Waals surface area contributed by atoms with E-state index >= 15 is 0 Å². The first-order valence-electron chi connectivity index (χ1n) is 3.43. The molecule has 1 heteroatoms. The van der Waals surface area contributed by atoms with Crippen molar-refractivity contribution < 1.29 is 5.11 Å². The summed E-state index contributed by atoms with van der Waals surface area (Å²) in [5, 5.41) is 8.68. The highest BCUT2D eigenvalue weighted by atomic mass is 16.3. The molecule has 0 amide bonds. The summed E-state index contributed by atoms with van der Waals surface area (Å²) in [6, 6.07) is 0. The second-order valence-electron chi connectivity index (χ2n) is 2.97. The normalized spacial score (nSPS) is 38.2. The van der Waals surface area contributed by atoms with Gasteiger partial charge in [0, 0.05) is 6.61 Å². The van der Waals surface area contributed by atoms with E-state index in [1.807, 2.05) is 0 Å². The highest BCUT2D eigenvalue weighted by molar-refractivity contribution is 4.71. The summed E-state index contributed by atoms with van der Waals surface area (Å²) in [6.45, 7) is 2.67. The van der Waals surface area contributed by atoms with E-state index in [1.54, 1.807) is 0 Å². The lowest BCUT2D eigenvalue weighted by atomic mass is 10.1. The van der Waals surface area contributed by atoms with Crippen LogP contribution in [0.2, 0.25) is 0 Å². The second-order valence-corrected chi connectivity index (χ2v) is 2.97. The molecule has 0 saturated heterocycles. The van der Waals surface area contributed by atoms with E-state index < -0.39 is 0 Å². The molecular weight excluding hydrogens is 100 g/mol. The Kier molecular flexibility index (Phi) is 1.90. The smallest absolute Gasteiger partial charge is 0.0459 e.